The van der Waals surface area contributed by atoms with Crippen molar-refractivity contribution in [3.05, 3.63) is 34.9 Å². The van der Waals surface area contributed by atoms with Crippen LogP contribution in [0.3, 0.4) is 0 Å². The van der Waals surface area contributed by atoms with Gasteiger partial charge >= 0.3 is 5.97 Å². The van der Waals surface area contributed by atoms with Gasteiger partial charge in [-0.05, 0) is 36.5 Å². The molecule has 1 amide bonds. The topological polar surface area (TPSA) is 75.6 Å². The smallest absolute Gasteiger partial charge is 0.332 e. The standard InChI is InChI=1S/C16H20ClNO4/c1-9(2)14(10-3-5-11(17)6-4-10)18-15(19)12-7-8-13(22-12)16(20)21/h3-6,9,12-14H,7-8H2,1-2H3,(H,18,19)(H,20,21)/t12-,13+,14?/m0/s1. The van der Waals surface area contributed by atoms with Crippen LogP contribution < -0.4 is 5.32 Å². The molecule has 2 N–H and O–H groups in total. The van der Waals surface area contributed by atoms with Crippen LogP contribution in [0, 0.1) is 5.92 Å². The molecule has 1 aliphatic rings. The molecule has 5 nitrogen and oxygen atoms in total. The molecule has 3 atom stereocenters. The zero-order valence-electron chi connectivity index (χ0n) is 12.6. The predicted molar refractivity (Wildman–Crippen MR) is 82.7 cm³/mol. The Bertz CT molecular complexity index is 544. The second-order valence-corrected chi connectivity index (χ2v) is 6.25. The summed E-state index contributed by atoms with van der Waals surface area (Å²) in [4.78, 5) is 23.2. The largest absolute Gasteiger partial charge is 0.479 e. The number of ether oxygens (including phenoxy) is 1. The Morgan fingerprint density at radius 2 is 1.82 bits per heavy atom. The molecule has 0 spiro atoms. The van der Waals surface area contributed by atoms with Crippen LogP contribution >= 0.6 is 11.6 Å². The number of nitrogens with one attached hydrogen (secondary N) is 1. The Hall–Kier alpha value is -1.59. The number of rotatable bonds is 5. The molecule has 0 aliphatic carbocycles. The van der Waals surface area contributed by atoms with Gasteiger partial charge in [0.25, 0.3) is 0 Å². The van der Waals surface area contributed by atoms with Crippen molar-refractivity contribution >= 4 is 23.5 Å². The number of hydrogen-bond acceptors (Lipinski definition) is 3. The van der Waals surface area contributed by atoms with Crippen molar-refractivity contribution in [3.63, 3.8) is 0 Å². The summed E-state index contributed by atoms with van der Waals surface area (Å²) in [5.41, 5.74) is 0.959. The SMILES string of the molecule is CC(C)C(NC(=O)[C@@H]1CC[C@H](C(=O)O)O1)c1ccc(Cl)cc1. The Labute approximate surface area is 134 Å². The van der Waals surface area contributed by atoms with Crippen LogP contribution in [0.15, 0.2) is 24.3 Å². The molecule has 1 unspecified atom stereocenters. The van der Waals surface area contributed by atoms with E-state index in [1.165, 1.54) is 0 Å². The zero-order chi connectivity index (χ0) is 16.3. The van der Waals surface area contributed by atoms with Crippen LogP contribution in [-0.2, 0) is 14.3 Å². The van der Waals surface area contributed by atoms with Gasteiger partial charge in [-0.2, -0.15) is 0 Å². The minimum atomic E-state index is -1.02. The summed E-state index contributed by atoms with van der Waals surface area (Å²) in [6.07, 6.45) is -0.798. The number of amides is 1. The van der Waals surface area contributed by atoms with Crippen molar-refractivity contribution in [1.82, 2.24) is 5.32 Å². The molecular weight excluding hydrogens is 306 g/mol. The third-order valence-corrected chi connectivity index (χ3v) is 4.03. The number of hydrogen-bond donors (Lipinski definition) is 2. The maximum absolute atomic E-state index is 12.3. The molecule has 0 radical (unpaired) electrons. The average molecular weight is 326 g/mol. The van der Waals surface area contributed by atoms with E-state index < -0.39 is 18.2 Å². The minimum absolute atomic E-state index is 0.169. The molecule has 1 fully saturated rings. The number of halogens is 1. The van der Waals surface area contributed by atoms with Crippen LogP contribution in [0.4, 0.5) is 0 Å². The Morgan fingerprint density at radius 3 is 2.32 bits per heavy atom. The molecule has 2 rings (SSSR count). The summed E-state index contributed by atoms with van der Waals surface area (Å²) in [6.45, 7) is 4.02. The Balaban J connectivity index is 2.04. The van der Waals surface area contributed by atoms with Crippen molar-refractivity contribution in [3.8, 4) is 0 Å². The highest BCUT2D eigenvalue weighted by molar-refractivity contribution is 6.30. The average Bonchev–Trinajstić information content (AvgIpc) is 2.95. The first kappa shape index (κ1) is 16.8. The summed E-state index contributed by atoms with van der Waals surface area (Å²) in [7, 11) is 0. The monoisotopic (exact) mass is 325 g/mol. The van der Waals surface area contributed by atoms with E-state index >= 15 is 0 Å². The van der Waals surface area contributed by atoms with E-state index in [-0.39, 0.29) is 17.9 Å². The van der Waals surface area contributed by atoms with Gasteiger partial charge in [-0.25, -0.2) is 4.79 Å². The van der Waals surface area contributed by atoms with Crippen molar-refractivity contribution in [2.45, 2.75) is 44.9 Å². The number of benzene rings is 1. The van der Waals surface area contributed by atoms with Crippen LogP contribution in [-0.4, -0.2) is 29.2 Å². The van der Waals surface area contributed by atoms with E-state index in [4.69, 9.17) is 21.4 Å². The summed E-state index contributed by atoms with van der Waals surface area (Å²) in [5, 5.41) is 12.5. The molecule has 1 saturated heterocycles. The summed E-state index contributed by atoms with van der Waals surface area (Å²) in [6, 6.07) is 7.15. The number of aliphatic carboxylic acids is 1. The van der Waals surface area contributed by atoms with E-state index in [9.17, 15) is 9.59 Å². The molecule has 1 aromatic carbocycles. The molecular formula is C16H20ClNO4. The number of carbonyl (C=O) groups is 2. The summed E-state index contributed by atoms with van der Waals surface area (Å²) < 4.78 is 5.29. The lowest BCUT2D eigenvalue weighted by Crippen LogP contribution is -2.39. The first-order valence-corrected chi connectivity index (χ1v) is 7.70. The molecule has 22 heavy (non-hydrogen) atoms. The lowest BCUT2D eigenvalue weighted by Gasteiger charge is -2.24. The van der Waals surface area contributed by atoms with Crippen molar-refractivity contribution in [1.29, 1.82) is 0 Å². The van der Waals surface area contributed by atoms with E-state index in [0.29, 0.717) is 17.9 Å². The number of carboxylic acid groups (broad SMARTS) is 1. The van der Waals surface area contributed by atoms with E-state index in [2.05, 4.69) is 5.32 Å². The van der Waals surface area contributed by atoms with Gasteiger partial charge in [-0.1, -0.05) is 37.6 Å². The van der Waals surface area contributed by atoms with Gasteiger partial charge in [-0.15, -0.1) is 0 Å². The van der Waals surface area contributed by atoms with E-state index in [1.807, 2.05) is 26.0 Å². The fourth-order valence-corrected chi connectivity index (χ4v) is 2.69. The molecule has 0 saturated carbocycles. The highest BCUT2D eigenvalue weighted by Crippen LogP contribution is 2.25. The second kappa shape index (κ2) is 7.11. The summed E-state index contributed by atoms with van der Waals surface area (Å²) >= 11 is 5.89. The maximum atomic E-state index is 12.3. The lowest BCUT2D eigenvalue weighted by molar-refractivity contribution is -0.152. The fourth-order valence-electron chi connectivity index (χ4n) is 2.56. The molecule has 0 bridgehead atoms. The maximum Gasteiger partial charge on any atom is 0.332 e. The third-order valence-electron chi connectivity index (χ3n) is 3.78. The fraction of sp³-hybridized carbons (Fsp3) is 0.500. The molecule has 1 aliphatic heterocycles. The quantitative estimate of drug-likeness (QED) is 0.873. The number of carbonyl (C=O) groups excluding carboxylic acids is 1. The van der Waals surface area contributed by atoms with Crippen LogP contribution in [0.5, 0.6) is 0 Å². The van der Waals surface area contributed by atoms with Gasteiger partial charge in [0.15, 0.2) is 6.10 Å². The molecule has 1 heterocycles. The van der Waals surface area contributed by atoms with Gasteiger partial charge in [0.2, 0.25) is 5.91 Å². The summed E-state index contributed by atoms with van der Waals surface area (Å²) in [5.74, 6) is -1.10. The van der Waals surface area contributed by atoms with Crippen LogP contribution in [0.1, 0.15) is 38.3 Å². The molecule has 1 aromatic rings. The highest BCUT2D eigenvalue weighted by atomic mass is 35.5. The van der Waals surface area contributed by atoms with Gasteiger partial charge in [0, 0.05) is 5.02 Å². The Kier molecular flexibility index (Phi) is 5.42. The predicted octanol–water partition coefficient (Wildman–Crippen LogP) is 2.79. The van der Waals surface area contributed by atoms with Gasteiger partial charge in [0.05, 0.1) is 6.04 Å². The second-order valence-electron chi connectivity index (χ2n) is 5.81. The Morgan fingerprint density at radius 1 is 1.23 bits per heavy atom. The normalized spacial score (nSPS) is 22.5. The zero-order valence-corrected chi connectivity index (χ0v) is 13.3. The lowest BCUT2D eigenvalue weighted by atomic mass is 9.95. The van der Waals surface area contributed by atoms with Gasteiger partial charge in [0.1, 0.15) is 6.10 Å². The van der Waals surface area contributed by atoms with E-state index in [1.54, 1.807) is 12.1 Å². The van der Waals surface area contributed by atoms with Gasteiger partial charge < -0.3 is 15.2 Å². The van der Waals surface area contributed by atoms with Gasteiger partial charge in [-0.3, -0.25) is 4.79 Å². The van der Waals surface area contributed by atoms with Crippen LogP contribution in [0.2, 0.25) is 5.02 Å². The minimum Gasteiger partial charge on any atom is -0.479 e. The van der Waals surface area contributed by atoms with Crippen molar-refractivity contribution in [2.75, 3.05) is 0 Å². The number of carboxylic acids is 1. The highest BCUT2D eigenvalue weighted by Gasteiger charge is 2.35. The van der Waals surface area contributed by atoms with Crippen molar-refractivity contribution in [2.24, 2.45) is 5.92 Å². The first-order chi connectivity index (χ1) is 10.4. The molecule has 0 aromatic heterocycles. The first-order valence-electron chi connectivity index (χ1n) is 7.32. The van der Waals surface area contributed by atoms with Crippen molar-refractivity contribution < 1.29 is 19.4 Å². The van der Waals surface area contributed by atoms with E-state index in [0.717, 1.165) is 5.56 Å². The molecule has 120 valence electrons. The van der Waals surface area contributed by atoms with Crippen LogP contribution in [0.25, 0.3) is 0 Å². The molecule has 6 heteroatoms. The third kappa shape index (κ3) is 3.99.